The third-order valence-electron chi connectivity index (χ3n) is 1.21. The first-order valence-electron chi connectivity index (χ1n) is 3.84. The maximum Gasteiger partial charge on any atom is 0.349 e. The minimum atomic E-state index is -1.25. The summed E-state index contributed by atoms with van der Waals surface area (Å²) in [6, 6.07) is 0. The van der Waals surface area contributed by atoms with Gasteiger partial charge in [0.05, 0.1) is 18.6 Å². The fraction of sp³-hybridized carbons (Fsp3) is 0.714. The molecule has 0 fully saturated rings. The van der Waals surface area contributed by atoms with Crippen LogP contribution < -0.4 is 0 Å². The van der Waals surface area contributed by atoms with E-state index in [1.54, 1.807) is 0 Å². The van der Waals surface area contributed by atoms with E-state index in [0.29, 0.717) is 0 Å². The second-order valence-electron chi connectivity index (χ2n) is 2.61. The van der Waals surface area contributed by atoms with Gasteiger partial charge in [0, 0.05) is 12.0 Å². The number of aliphatic hydroxyl groups excluding tert-OH is 2. The summed E-state index contributed by atoms with van der Waals surface area (Å²) in [5.74, 6) is -1.74. The van der Waals surface area contributed by atoms with Crippen LogP contribution in [-0.2, 0) is 24.4 Å². The fourth-order valence-electron chi connectivity index (χ4n) is 0.478. The second-order valence-corrected chi connectivity index (χ2v) is 2.61. The molecule has 2 atom stereocenters. The SMILES string of the molecule is CC(=O)OOOC(=O)CC(O)C(C)O. The van der Waals surface area contributed by atoms with E-state index in [-0.39, 0.29) is 0 Å². The van der Waals surface area contributed by atoms with E-state index < -0.39 is 30.6 Å². The van der Waals surface area contributed by atoms with Crippen molar-refractivity contribution in [3.05, 3.63) is 0 Å². The average molecular weight is 208 g/mol. The van der Waals surface area contributed by atoms with Crippen LogP contribution in [0.1, 0.15) is 20.3 Å². The van der Waals surface area contributed by atoms with Gasteiger partial charge >= 0.3 is 11.9 Å². The number of hydrogen-bond acceptors (Lipinski definition) is 7. The van der Waals surface area contributed by atoms with Crippen LogP contribution >= 0.6 is 0 Å². The molecule has 0 aliphatic heterocycles. The van der Waals surface area contributed by atoms with E-state index in [2.05, 4.69) is 14.8 Å². The first-order chi connectivity index (χ1) is 6.43. The summed E-state index contributed by atoms with van der Waals surface area (Å²) in [5.41, 5.74) is 0. The summed E-state index contributed by atoms with van der Waals surface area (Å²) < 4.78 is 0. The molecule has 7 heteroatoms. The lowest BCUT2D eigenvalue weighted by Crippen LogP contribution is -2.26. The molecule has 82 valence electrons. The Bertz CT molecular complexity index is 200. The van der Waals surface area contributed by atoms with Gasteiger partial charge < -0.3 is 10.2 Å². The molecule has 0 saturated heterocycles. The van der Waals surface area contributed by atoms with Gasteiger partial charge in [0.1, 0.15) is 0 Å². The molecule has 0 aromatic carbocycles. The topological polar surface area (TPSA) is 102 Å². The average Bonchev–Trinajstić information content (AvgIpc) is 2.02. The standard InChI is InChI=1S/C7H12O7/c1-4(8)6(10)3-7(11)13-14-12-5(2)9/h4,6,8,10H,3H2,1-2H3. The van der Waals surface area contributed by atoms with Crippen LogP contribution in [0.4, 0.5) is 0 Å². The zero-order valence-corrected chi connectivity index (χ0v) is 7.80. The highest BCUT2D eigenvalue weighted by molar-refractivity contribution is 5.69. The van der Waals surface area contributed by atoms with Crippen molar-refractivity contribution < 1.29 is 34.6 Å². The summed E-state index contributed by atoms with van der Waals surface area (Å²) in [7, 11) is 0. The van der Waals surface area contributed by atoms with Crippen molar-refractivity contribution in [1.82, 2.24) is 0 Å². The van der Waals surface area contributed by atoms with Crippen LogP contribution in [0.5, 0.6) is 0 Å². The molecule has 0 aliphatic rings. The van der Waals surface area contributed by atoms with Crippen LogP contribution in [0.25, 0.3) is 0 Å². The molecule has 0 saturated carbocycles. The molecule has 14 heavy (non-hydrogen) atoms. The van der Waals surface area contributed by atoms with Gasteiger partial charge in [-0.25, -0.2) is 9.59 Å². The minimum Gasteiger partial charge on any atom is -0.391 e. The predicted octanol–water partition coefficient (Wildman–Crippen LogP) is -0.929. The summed E-state index contributed by atoms with van der Waals surface area (Å²) in [5, 5.41) is 21.5. The van der Waals surface area contributed by atoms with Crippen LogP contribution in [0.3, 0.4) is 0 Å². The molecule has 0 spiro atoms. The van der Waals surface area contributed by atoms with E-state index >= 15 is 0 Å². The van der Waals surface area contributed by atoms with E-state index in [4.69, 9.17) is 10.2 Å². The zero-order chi connectivity index (χ0) is 11.1. The number of carbonyl (C=O) groups is 2. The van der Waals surface area contributed by atoms with Crippen molar-refractivity contribution in [1.29, 1.82) is 0 Å². The Morgan fingerprint density at radius 3 is 2.29 bits per heavy atom. The second kappa shape index (κ2) is 6.30. The highest BCUT2D eigenvalue weighted by Crippen LogP contribution is 2.00. The van der Waals surface area contributed by atoms with Crippen LogP contribution in [0, 0.1) is 0 Å². The molecule has 0 aromatic heterocycles. The monoisotopic (exact) mass is 208 g/mol. The maximum absolute atomic E-state index is 10.7. The molecule has 0 radical (unpaired) electrons. The van der Waals surface area contributed by atoms with Crippen LogP contribution in [0.15, 0.2) is 0 Å². The third kappa shape index (κ3) is 6.35. The molecular weight excluding hydrogens is 196 g/mol. The number of rotatable bonds is 5. The summed E-state index contributed by atoms with van der Waals surface area (Å²) in [6.45, 7) is 2.36. The van der Waals surface area contributed by atoms with E-state index in [1.807, 2.05) is 0 Å². The van der Waals surface area contributed by atoms with Crippen molar-refractivity contribution in [2.75, 3.05) is 0 Å². The third-order valence-corrected chi connectivity index (χ3v) is 1.21. The Kier molecular flexibility index (Phi) is 5.77. The molecule has 7 nitrogen and oxygen atoms in total. The van der Waals surface area contributed by atoms with Crippen molar-refractivity contribution in [2.45, 2.75) is 32.5 Å². The minimum absolute atomic E-state index is 0.459. The summed E-state index contributed by atoms with van der Waals surface area (Å²) >= 11 is 0. The van der Waals surface area contributed by atoms with E-state index in [0.717, 1.165) is 6.92 Å². The molecule has 2 N–H and O–H groups in total. The normalized spacial score (nSPS) is 14.3. The Morgan fingerprint density at radius 1 is 1.29 bits per heavy atom. The molecule has 0 amide bonds. The van der Waals surface area contributed by atoms with Gasteiger partial charge in [-0.2, -0.15) is 0 Å². The smallest absolute Gasteiger partial charge is 0.349 e. The molecule has 0 heterocycles. The Labute approximate surface area is 80.0 Å². The number of aliphatic hydroxyl groups is 2. The summed E-state index contributed by atoms with van der Waals surface area (Å²) in [4.78, 5) is 28.6. The Balaban J connectivity index is 3.60. The lowest BCUT2D eigenvalue weighted by atomic mass is 10.2. The molecule has 0 aliphatic carbocycles. The fourth-order valence-corrected chi connectivity index (χ4v) is 0.478. The van der Waals surface area contributed by atoms with Crippen LogP contribution in [0.2, 0.25) is 0 Å². The van der Waals surface area contributed by atoms with Gasteiger partial charge in [-0.05, 0) is 6.92 Å². The largest absolute Gasteiger partial charge is 0.391 e. The van der Waals surface area contributed by atoms with Gasteiger partial charge in [0.15, 0.2) is 0 Å². The van der Waals surface area contributed by atoms with E-state index in [1.165, 1.54) is 6.92 Å². The Morgan fingerprint density at radius 2 is 1.86 bits per heavy atom. The predicted molar refractivity (Wildman–Crippen MR) is 41.2 cm³/mol. The van der Waals surface area contributed by atoms with Crippen molar-refractivity contribution >= 4 is 11.9 Å². The lowest BCUT2D eigenvalue weighted by molar-refractivity contribution is -0.459. The van der Waals surface area contributed by atoms with Crippen LogP contribution in [-0.4, -0.2) is 34.4 Å². The summed E-state index contributed by atoms with van der Waals surface area (Å²) in [6.07, 6.45) is -2.77. The molecule has 0 rings (SSSR count). The van der Waals surface area contributed by atoms with Crippen molar-refractivity contribution in [2.24, 2.45) is 0 Å². The van der Waals surface area contributed by atoms with Crippen molar-refractivity contribution in [3.8, 4) is 0 Å². The molecular formula is C7H12O7. The molecule has 2 unspecified atom stereocenters. The highest BCUT2D eigenvalue weighted by Gasteiger charge is 2.17. The molecule has 0 aromatic rings. The van der Waals surface area contributed by atoms with Gasteiger partial charge in [-0.1, -0.05) is 0 Å². The quantitative estimate of drug-likeness (QED) is 0.444. The number of carbonyl (C=O) groups excluding carboxylic acids is 2. The van der Waals surface area contributed by atoms with Gasteiger partial charge in [-0.3, -0.25) is 9.78 Å². The molecule has 0 bridgehead atoms. The number of hydrogen-bond donors (Lipinski definition) is 2. The van der Waals surface area contributed by atoms with Gasteiger partial charge in [0.2, 0.25) is 0 Å². The lowest BCUT2D eigenvalue weighted by Gasteiger charge is -2.10. The van der Waals surface area contributed by atoms with Crippen molar-refractivity contribution in [3.63, 3.8) is 0 Å². The van der Waals surface area contributed by atoms with E-state index in [9.17, 15) is 9.59 Å². The zero-order valence-electron chi connectivity index (χ0n) is 7.80. The van der Waals surface area contributed by atoms with Gasteiger partial charge in [-0.15, -0.1) is 0 Å². The van der Waals surface area contributed by atoms with Gasteiger partial charge in [0.25, 0.3) is 0 Å². The first kappa shape index (κ1) is 12.8. The Hall–Kier alpha value is -1.18. The first-order valence-corrected chi connectivity index (χ1v) is 3.84. The maximum atomic E-state index is 10.7. The highest BCUT2D eigenvalue weighted by atomic mass is 17.5.